The van der Waals surface area contributed by atoms with E-state index in [4.69, 9.17) is 23.1 Å². The lowest BCUT2D eigenvalue weighted by Crippen LogP contribution is -2.24. The van der Waals surface area contributed by atoms with Crippen molar-refractivity contribution in [2.75, 3.05) is 0 Å². The Labute approximate surface area is 244 Å². The molecular formula is C29H36ClN5O6. The lowest BCUT2D eigenvalue weighted by atomic mass is 10.00. The summed E-state index contributed by atoms with van der Waals surface area (Å²) in [6, 6.07) is 5.77. The molecular weight excluding hydrogens is 550 g/mol. The van der Waals surface area contributed by atoms with Gasteiger partial charge in [-0.3, -0.25) is 29.8 Å². The third kappa shape index (κ3) is 11.3. The molecule has 11 nitrogen and oxygen atoms in total. The quantitative estimate of drug-likeness (QED) is 0.0715. The molecule has 0 saturated carbocycles. The van der Waals surface area contributed by atoms with Crippen LogP contribution in [0.1, 0.15) is 82.5 Å². The summed E-state index contributed by atoms with van der Waals surface area (Å²) in [4.78, 5) is 47.7. The first-order chi connectivity index (χ1) is 19.3. The number of nitro groups is 2. The van der Waals surface area contributed by atoms with Crippen LogP contribution in [0.5, 0.6) is 0 Å². The molecule has 0 unspecified atom stereocenters. The van der Waals surface area contributed by atoms with Crippen LogP contribution in [0.3, 0.4) is 0 Å². The lowest BCUT2D eigenvalue weighted by Gasteiger charge is -2.06. The van der Waals surface area contributed by atoms with E-state index in [0.717, 1.165) is 25.7 Å². The van der Waals surface area contributed by atoms with E-state index in [-0.39, 0.29) is 28.5 Å². The molecule has 4 N–H and O–H groups in total. The number of aryl methyl sites for hydroxylation is 2. The Hall–Kier alpha value is -4.38. The van der Waals surface area contributed by atoms with E-state index >= 15 is 0 Å². The first-order valence-electron chi connectivity index (χ1n) is 13.0. The van der Waals surface area contributed by atoms with Gasteiger partial charge in [0.1, 0.15) is 0 Å². The van der Waals surface area contributed by atoms with Crippen LogP contribution in [0.15, 0.2) is 53.6 Å². The van der Waals surface area contributed by atoms with E-state index in [1.165, 1.54) is 12.1 Å². The number of allylic oxidation sites excluding steroid dienone is 4. The predicted molar refractivity (Wildman–Crippen MR) is 161 cm³/mol. The number of halogens is 1. The zero-order valence-corrected chi connectivity index (χ0v) is 24.4. The molecule has 0 aliphatic heterocycles. The Bertz CT molecular complexity index is 1360. The summed E-state index contributed by atoms with van der Waals surface area (Å²) < 4.78 is 0. The van der Waals surface area contributed by atoms with Crippen LogP contribution in [0.2, 0.25) is 0 Å². The second-order valence-corrected chi connectivity index (χ2v) is 9.49. The number of nitrogens with two attached hydrogens (primary N) is 2. The van der Waals surface area contributed by atoms with Gasteiger partial charge in [0, 0.05) is 28.8 Å². The average Bonchev–Trinajstić information content (AvgIpc) is 2.88. The first kappa shape index (κ1) is 34.6. The fourth-order valence-electron chi connectivity index (χ4n) is 3.79. The first-order valence-corrected chi connectivity index (χ1v) is 13.4. The van der Waals surface area contributed by atoms with Gasteiger partial charge in [0.25, 0.3) is 22.5 Å². The van der Waals surface area contributed by atoms with Crippen molar-refractivity contribution in [2.45, 2.75) is 66.2 Å². The summed E-state index contributed by atoms with van der Waals surface area (Å²) in [6.45, 7) is 7.54. The van der Waals surface area contributed by atoms with Gasteiger partial charge in [0.15, 0.2) is 5.96 Å². The second-order valence-electron chi connectivity index (χ2n) is 9.15. The molecule has 12 heteroatoms. The maximum Gasteiger partial charge on any atom is 0.280 e. The minimum Gasteiger partial charge on any atom is -0.370 e. The molecule has 0 aromatic heterocycles. The number of aliphatic imine (C=N–C) groups is 1. The zero-order chi connectivity index (χ0) is 31.1. The molecule has 0 radical (unpaired) electrons. The molecule has 1 amide bonds. The van der Waals surface area contributed by atoms with Crippen molar-refractivity contribution in [1.82, 2.24) is 0 Å². The Morgan fingerprint density at radius 1 is 0.805 bits per heavy atom. The van der Waals surface area contributed by atoms with Gasteiger partial charge in [-0.05, 0) is 74.4 Å². The second kappa shape index (κ2) is 17.3. The summed E-state index contributed by atoms with van der Waals surface area (Å²) in [7, 11) is 0. The molecule has 0 bridgehead atoms. The number of nitro benzene ring substituents is 2. The van der Waals surface area contributed by atoms with Crippen molar-refractivity contribution in [2.24, 2.45) is 16.5 Å². The van der Waals surface area contributed by atoms with E-state index in [1.54, 1.807) is 26.0 Å². The SMILES string of the molecule is CCCC=CCc1cc(C)c(C(=O)Cl)cc1[N+](=O)[O-].CCCC=CCc1cc(C)c(C(=O)N=C(N)N)cc1[N+](=O)[O-]. The maximum absolute atomic E-state index is 11.9. The summed E-state index contributed by atoms with van der Waals surface area (Å²) in [5.41, 5.74) is 12.9. The van der Waals surface area contributed by atoms with E-state index in [9.17, 15) is 29.8 Å². The van der Waals surface area contributed by atoms with Gasteiger partial charge in [-0.25, -0.2) is 0 Å². The van der Waals surface area contributed by atoms with Gasteiger partial charge in [0.2, 0.25) is 0 Å². The number of carbonyl (C=O) groups excluding carboxylic acids is 2. The summed E-state index contributed by atoms with van der Waals surface area (Å²) in [5.74, 6) is -1.06. The Morgan fingerprint density at radius 3 is 1.59 bits per heavy atom. The molecule has 0 atom stereocenters. The van der Waals surface area contributed by atoms with Crippen molar-refractivity contribution in [3.05, 3.63) is 102 Å². The van der Waals surface area contributed by atoms with E-state index < -0.39 is 21.0 Å². The highest BCUT2D eigenvalue weighted by molar-refractivity contribution is 6.68. The predicted octanol–water partition coefficient (Wildman–Crippen LogP) is 6.40. The highest BCUT2D eigenvalue weighted by atomic mass is 35.5. The molecule has 0 fully saturated rings. The molecule has 2 rings (SSSR count). The molecule has 220 valence electrons. The number of hydrogen-bond acceptors (Lipinski definition) is 6. The van der Waals surface area contributed by atoms with E-state index in [2.05, 4.69) is 18.8 Å². The number of nitrogens with zero attached hydrogens (tertiary/aromatic N) is 3. The number of amides is 1. The molecule has 2 aromatic carbocycles. The minimum atomic E-state index is -0.686. The third-order valence-electron chi connectivity index (χ3n) is 5.84. The smallest absolute Gasteiger partial charge is 0.280 e. The van der Waals surface area contributed by atoms with Crippen LogP contribution >= 0.6 is 11.6 Å². The Balaban J connectivity index is 0.000000414. The molecule has 0 aliphatic carbocycles. The molecule has 0 heterocycles. The number of carbonyl (C=O) groups is 2. The fraction of sp³-hybridized carbons (Fsp3) is 0.345. The zero-order valence-electron chi connectivity index (χ0n) is 23.7. The van der Waals surface area contributed by atoms with E-state index in [1.807, 2.05) is 24.3 Å². The number of benzene rings is 2. The van der Waals surface area contributed by atoms with Crippen LogP contribution < -0.4 is 11.5 Å². The number of hydrogen-bond donors (Lipinski definition) is 2. The Kier molecular flexibility index (Phi) is 14.7. The van der Waals surface area contributed by atoms with Crippen molar-refractivity contribution < 1.29 is 19.4 Å². The highest BCUT2D eigenvalue weighted by Crippen LogP contribution is 2.26. The standard InChI is InChI=1S/C15H20N4O3.C14H16ClNO3/c1-3-4-5-6-7-11-8-10(2)12(9-13(11)19(21)22)14(20)18-15(16)17;1-3-4-5-6-7-11-8-10(2)12(14(15)17)9-13(11)16(18)19/h5-6,8-9H,3-4,7H2,1-2H3,(H4,16,17,18,20);5-6,8-9H,3-4,7H2,1-2H3. The van der Waals surface area contributed by atoms with Gasteiger partial charge < -0.3 is 11.5 Å². The van der Waals surface area contributed by atoms with Gasteiger partial charge in [-0.2, -0.15) is 4.99 Å². The molecule has 0 saturated heterocycles. The van der Waals surface area contributed by atoms with Crippen molar-refractivity contribution in [3.63, 3.8) is 0 Å². The fourth-order valence-corrected chi connectivity index (χ4v) is 3.99. The van der Waals surface area contributed by atoms with Gasteiger partial charge in [-0.15, -0.1) is 0 Å². The van der Waals surface area contributed by atoms with Crippen LogP contribution in [0.25, 0.3) is 0 Å². The van der Waals surface area contributed by atoms with Crippen molar-refractivity contribution in [1.29, 1.82) is 0 Å². The normalized spacial score (nSPS) is 10.8. The van der Waals surface area contributed by atoms with Crippen LogP contribution in [0, 0.1) is 34.1 Å². The highest BCUT2D eigenvalue weighted by Gasteiger charge is 2.20. The topological polar surface area (TPSA) is 185 Å². The summed E-state index contributed by atoms with van der Waals surface area (Å²) in [5, 5.41) is 21.6. The minimum absolute atomic E-state index is 0.0595. The third-order valence-corrected chi connectivity index (χ3v) is 6.04. The lowest BCUT2D eigenvalue weighted by molar-refractivity contribution is -0.385. The van der Waals surface area contributed by atoms with Crippen molar-refractivity contribution >= 4 is 40.1 Å². The van der Waals surface area contributed by atoms with Crippen LogP contribution in [-0.2, 0) is 12.8 Å². The largest absolute Gasteiger partial charge is 0.370 e. The average molecular weight is 586 g/mol. The number of unbranched alkanes of at least 4 members (excludes halogenated alkanes) is 2. The van der Waals surface area contributed by atoms with Gasteiger partial charge >= 0.3 is 0 Å². The molecule has 0 aliphatic rings. The maximum atomic E-state index is 11.9. The number of guanidine groups is 1. The molecule has 41 heavy (non-hydrogen) atoms. The summed E-state index contributed by atoms with van der Waals surface area (Å²) in [6.07, 6.45) is 12.6. The molecule has 2 aromatic rings. The summed E-state index contributed by atoms with van der Waals surface area (Å²) >= 11 is 5.41. The number of rotatable bonds is 12. The molecule has 0 spiro atoms. The van der Waals surface area contributed by atoms with Crippen LogP contribution in [-0.4, -0.2) is 27.0 Å². The van der Waals surface area contributed by atoms with Gasteiger partial charge in [-0.1, -0.05) is 51.0 Å². The monoisotopic (exact) mass is 585 g/mol. The van der Waals surface area contributed by atoms with Crippen molar-refractivity contribution in [3.8, 4) is 0 Å². The van der Waals surface area contributed by atoms with Gasteiger partial charge in [0.05, 0.1) is 15.4 Å². The van der Waals surface area contributed by atoms with Crippen LogP contribution in [0.4, 0.5) is 11.4 Å². The van der Waals surface area contributed by atoms with E-state index in [0.29, 0.717) is 35.1 Å². The Morgan fingerprint density at radius 2 is 1.22 bits per heavy atom.